The number of sulfonamides is 1. The fourth-order valence-electron chi connectivity index (χ4n) is 4.56. The third kappa shape index (κ3) is 6.64. The molecule has 0 saturated carbocycles. The summed E-state index contributed by atoms with van der Waals surface area (Å²) in [5.41, 5.74) is 7.00. The van der Waals surface area contributed by atoms with Crippen LogP contribution >= 0.6 is 11.3 Å². The average Bonchev–Trinajstić information content (AvgIpc) is 3.43. The van der Waals surface area contributed by atoms with Crippen LogP contribution in [0.15, 0.2) is 106 Å². The van der Waals surface area contributed by atoms with Gasteiger partial charge in [-0.15, -0.1) is 11.3 Å². The van der Waals surface area contributed by atoms with E-state index in [-0.39, 0.29) is 0 Å². The number of hydrazone groups is 1. The zero-order valence-corrected chi connectivity index (χ0v) is 22.6. The van der Waals surface area contributed by atoms with E-state index in [1.54, 1.807) is 22.7 Å². The summed E-state index contributed by atoms with van der Waals surface area (Å²) in [6, 6.07) is 27.4. The van der Waals surface area contributed by atoms with Gasteiger partial charge in [0.1, 0.15) is 0 Å². The van der Waals surface area contributed by atoms with Crippen LogP contribution in [0.3, 0.4) is 0 Å². The van der Waals surface area contributed by atoms with Crippen LogP contribution in [0.2, 0.25) is 0 Å². The Morgan fingerprint density at radius 2 is 1.63 bits per heavy atom. The molecule has 1 aromatic heterocycles. The van der Waals surface area contributed by atoms with E-state index >= 15 is 0 Å². The minimum Gasteiger partial charge on any atom is -0.253 e. The zero-order valence-electron chi connectivity index (χ0n) is 21.0. The molecule has 0 spiro atoms. The molecule has 3 aromatic carbocycles. The van der Waals surface area contributed by atoms with Gasteiger partial charge in [-0.05, 0) is 54.5 Å². The quantitative estimate of drug-likeness (QED) is 0.192. The first-order valence-electron chi connectivity index (χ1n) is 12.7. The maximum Gasteiger partial charge on any atom is 0.243 e. The molecule has 5 rings (SSSR count). The summed E-state index contributed by atoms with van der Waals surface area (Å²) in [4.78, 5) is 4.90. The molecule has 38 heavy (non-hydrogen) atoms. The monoisotopic (exact) mass is 542 g/mol. The summed E-state index contributed by atoms with van der Waals surface area (Å²) in [6.07, 6.45) is 8.28. The normalized spacial score (nSPS) is 15.4. The van der Waals surface area contributed by atoms with Crippen LogP contribution in [0, 0.1) is 5.92 Å². The Hall–Kier alpha value is -3.59. The van der Waals surface area contributed by atoms with E-state index in [9.17, 15) is 8.42 Å². The molecule has 6 nitrogen and oxygen atoms in total. The molecule has 4 aromatic rings. The van der Waals surface area contributed by atoms with Gasteiger partial charge in [0.25, 0.3) is 0 Å². The highest BCUT2D eigenvalue weighted by atomic mass is 32.2. The summed E-state index contributed by atoms with van der Waals surface area (Å²) in [6.45, 7) is 1.12. The number of aromatic nitrogens is 1. The largest absolute Gasteiger partial charge is 0.253 e. The first-order valence-corrected chi connectivity index (χ1v) is 15.0. The number of hydrogen-bond donors (Lipinski definition) is 1. The fourth-order valence-corrected chi connectivity index (χ4v) is 6.70. The van der Waals surface area contributed by atoms with Crippen LogP contribution in [0.1, 0.15) is 24.0 Å². The molecule has 1 saturated heterocycles. The molecular formula is C30H30N4O2S2. The molecular weight excluding hydrogens is 512 g/mol. The van der Waals surface area contributed by atoms with Gasteiger partial charge in [0.15, 0.2) is 0 Å². The Balaban J connectivity index is 1.15. The molecule has 1 N–H and O–H groups in total. The van der Waals surface area contributed by atoms with Crippen LogP contribution in [-0.2, 0) is 16.4 Å². The highest BCUT2D eigenvalue weighted by Gasteiger charge is 2.29. The van der Waals surface area contributed by atoms with Crippen molar-refractivity contribution in [3.8, 4) is 11.3 Å². The summed E-state index contributed by atoms with van der Waals surface area (Å²) >= 11 is 1.45. The minimum atomic E-state index is -3.51. The average molecular weight is 543 g/mol. The summed E-state index contributed by atoms with van der Waals surface area (Å²) < 4.78 is 28.1. The van der Waals surface area contributed by atoms with Crippen molar-refractivity contribution in [2.75, 3.05) is 18.5 Å². The molecule has 0 aliphatic carbocycles. The number of allylic oxidation sites excluding steroid dienone is 1. The maximum absolute atomic E-state index is 13.2. The second-order valence-electron chi connectivity index (χ2n) is 9.26. The lowest BCUT2D eigenvalue weighted by molar-refractivity contribution is 0.273. The van der Waals surface area contributed by atoms with E-state index in [0.29, 0.717) is 29.0 Å². The van der Waals surface area contributed by atoms with Crippen LogP contribution < -0.4 is 5.43 Å². The van der Waals surface area contributed by atoms with Gasteiger partial charge in [-0.1, -0.05) is 78.9 Å². The predicted octanol–water partition coefficient (Wildman–Crippen LogP) is 6.56. The lowest BCUT2D eigenvalue weighted by Crippen LogP contribution is -2.38. The van der Waals surface area contributed by atoms with E-state index in [1.165, 1.54) is 16.9 Å². The number of piperidine rings is 1. The minimum absolute atomic E-state index is 0.325. The van der Waals surface area contributed by atoms with Crippen molar-refractivity contribution in [2.45, 2.75) is 24.2 Å². The van der Waals surface area contributed by atoms with E-state index in [2.05, 4.69) is 39.8 Å². The van der Waals surface area contributed by atoms with E-state index in [1.807, 2.05) is 66.1 Å². The molecule has 194 valence electrons. The zero-order chi connectivity index (χ0) is 26.2. The molecule has 0 amide bonds. The van der Waals surface area contributed by atoms with Gasteiger partial charge in [0.05, 0.1) is 10.6 Å². The van der Waals surface area contributed by atoms with Gasteiger partial charge in [0.2, 0.25) is 15.2 Å². The Bertz CT molecular complexity index is 1470. The first-order chi connectivity index (χ1) is 18.6. The smallest absolute Gasteiger partial charge is 0.243 e. The van der Waals surface area contributed by atoms with Crippen LogP contribution in [0.4, 0.5) is 5.13 Å². The van der Waals surface area contributed by atoms with Crippen molar-refractivity contribution in [1.29, 1.82) is 0 Å². The van der Waals surface area contributed by atoms with E-state index in [4.69, 9.17) is 0 Å². The maximum atomic E-state index is 13.2. The Morgan fingerprint density at radius 3 is 2.34 bits per heavy atom. The number of nitrogens with zero attached hydrogens (tertiary/aromatic N) is 3. The van der Waals surface area contributed by atoms with Gasteiger partial charge in [-0.3, -0.25) is 5.43 Å². The fraction of sp³-hybridized carbons (Fsp3) is 0.200. The molecule has 0 atom stereocenters. The van der Waals surface area contributed by atoms with Gasteiger partial charge in [-0.2, -0.15) is 9.41 Å². The van der Waals surface area contributed by atoms with Crippen molar-refractivity contribution in [3.05, 3.63) is 108 Å². The molecule has 0 bridgehead atoms. The van der Waals surface area contributed by atoms with Crippen molar-refractivity contribution >= 4 is 38.8 Å². The molecule has 2 heterocycles. The topological polar surface area (TPSA) is 74.7 Å². The Kier molecular flexibility index (Phi) is 8.43. The molecule has 1 fully saturated rings. The van der Waals surface area contributed by atoms with Crippen molar-refractivity contribution in [3.63, 3.8) is 0 Å². The highest BCUT2D eigenvalue weighted by molar-refractivity contribution is 7.89. The van der Waals surface area contributed by atoms with E-state index < -0.39 is 10.0 Å². The number of anilines is 1. The molecule has 0 radical (unpaired) electrons. The standard InChI is InChI=1S/C30H30N4O2S2/c35-38(36,34-20-17-26(18-21-34)22-25-10-5-2-6-11-25)28-15-13-27(14-16-28)29-23-37-30(32-29)33-31-19-7-12-24-8-3-1-4-9-24/h1-16,19,23,26H,17-18,20-22H2,(H,32,33)/b12-7+,31-19+. The summed E-state index contributed by atoms with van der Waals surface area (Å²) in [5.74, 6) is 0.517. The lowest BCUT2D eigenvalue weighted by atomic mass is 9.91. The van der Waals surface area contributed by atoms with Crippen LogP contribution in [0.25, 0.3) is 17.3 Å². The van der Waals surface area contributed by atoms with Crippen LogP contribution in [0.5, 0.6) is 0 Å². The van der Waals surface area contributed by atoms with Crippen molar-refractivity contribution in [2.24, 2.45) is 11.0 Å². The molecule has 1 aliphatic heterocycles. The Labute approximate surface area is 228 Å². The number of hydrogen-bond acceptors (Lipinski definition) is 6. The second kappa shape index (κ2) is 12.3. The SMILES string of the molecule is O=S(=O)(c1ccc(-c2csc(N/N=C/C=C/c3ccccc3)n2)cc1)N1CCC(Cc2ccccc2)CC1. The Morgan fingerprint density at radius 1 is 0.947 bits per heavy atom. The highest BCUT2D eigenvalue weighted by Crippen LogP contribution is 2.29. The molecule has 0 unspecified atom stereocenters. The van der Waals surface area contributed by atoms with Gasteiger partial charge in [-0.25, -0.2) is 13.4 Å². The number of nitrogens with one attached hydrogen (secondary N) is 1. The van der Waals surface area contributed by atoms with Gasteiger partial charge in [0, 0.05) is 30.2 Å². The predicted molar refractivity (Wildman–Crippen MR) is 157 cm³/mol. The van der Waals surface area contributed by atoms with Crippen LogP contribution in [-0.4, -0.2) is 37.0 Å². The summed E-state index contributed by atoms with van der Waals surface area (Å²) in [5, 5.41) is 6.79. The van der Waals surface area contributed by atoms with Gasteiger partial charge >= 0.3 is 0 Å². The van der Waals surface area contributed by atoms with Gasteiger partial charge < -0.3 is 0 Å². The van der Waals surface area contributed by atoms with Crippen molar-refractivity contribution < 1.29 is 8.42 Å². The lowest BCUT2D eigenvalue weighted by Gasteiger charge is -2.31. The van der Waals surface area contributed by atoms with Crippen molar-refractivity contribution in [1.82, 2.24) is 9.29 Å². The number of rotatable bonds is 9. The third-order valence-electron chi connectivity index (χ3n) is 6.64. The number of thiazole rings is 1. The second-order valence-corrected chi connectivity index (χ2v) is 12.1. The summed E-state index contributed by atoms with van der Waals surface area (Å²) in [7, 11) is -3.51. The third-order valence-corrected chi connectivity index (χ3v) is 9.30. The first kappa shape index (κ1) is 26.0. The number of benzene rings is 3. The molecule has 8 heteroatoms. The van der Waals surface area contributed by atoms with E-state index in [0.717, 1.165) is 36.1 Å². The molecule has 1 aliphatic rings.